The zero-order valence-corrected chi connectivity index (χ0v) is 15.1. The molecule has 4 nitrogen and oxygen atoms in total. The summed E-state index contributed by atoms with van der Waals surface area (Å²) in [4.78, 5) is 17.1. The Labute approximate surface area is 148 Å². The number of nitrogens with one attached hydrogen (secondary N) is 1. The van der Waals surface area contributed by atoms with E-state index in [1.807, 2.05) is 31.2 Å². The maximum absolute atomic E-state index is 12.4. The maximum atomic E-state index is 12.4. The monoisotopic (exact) mass is 335 g/mol. The number of nitrogens with zero attached hydrogens (tertiary/aromatic N) is 2. The van der Waals surface area contributed by atoms with Crippen molar-refractivity contribution in [1.29, 1.82) is 0 Å². The summed E-state index contributed by atoms with van der Waals surface area (Å²) in [5, 5.41) is 3.58. The highest BCUT2D eigenvalue weighted by Crippen LogP contribution is 2.21. The highest BCUT2D eigenvalue weighted by atomic mass is 16.1. The number of hydrogen-bond donors (Lipinski definition) is 1. The first-order chi connectivity index (χ1) is 12.0. The first kappa shape index (κ1) is 17.4. The summed E-state index contributed by atoms with van der Waals surface area (Å²) in [6.45, 7) is 6.94. The number of benzene rings is 1. The van der Waals surface area contributed by atoms with Crippen LogP contribution in [-0.2, 0) is 6.54 Å². The van der Waals surface area contributed by atoms with E-state index in [1.165, 1.54) is 5.56 Å². The van der Waals surface area contributed by atoms with E-state index in [9.17, 15) is 4.79 Å². The second-order valence-electron chi connectivity index (χ2n) is 6.92. The molecule has 0 amide bonds. The van der Waals surface area contributed by atoms with Crippen LogP contribution in [0, 0.1) is 12.8 Å². The average Bonchev–Trinajstić information content (AvgIpc) is 2.59. The molecule has 0 spiro atoms. The number of hydrogen-bond acceptors (Lipinski definition) is 3. The average molecular weight is 335 g/mol. The third-order valence-corrected chi connectivity index (χ3v) is 4.37. The quantitative estimate of drug-likeness (QED) is 0.743. The second-order valence-corrected chi connectivity index (χ2v) is 6.92. The molecule has 0 unspecified atom stereocenters. The lowest BCUT2D eigenvalue weighted by molar-refractivity contribution is 0.426. The van der Waals surface area contributed by atoms with Gasteiger partial charge in [0.1, 0.15) is 5.65 Å². The van der Waals surface area contributed by atoms with Gasteiger partial charge in [0, 0.05) is 24.3 Å². The molecule has 25 heavy (non-hydrogen) atoms. The van der Waals surface area contributed by atoms with Crippen molar-refractivity contribution >= 4 is 5.65 Å². The van der Waals surface area contributed by atoms with Crippen molar-refractivity contribution < 1.29 is 0 Å². The van der Waals surface area contributed by atoms with Gasteiger partial charge in [-0.3, -0.25) is 9.20 Å². The van der Waals surface area contributed by atoms with Gasteiger partial charge in [0.2, 0.25) is 0 Å². The van der Waals surface area contributed by atoms with Crippen LogP contribution in [0.25, 0.3) is 5.65 Å². The minimum Gasteiger partial charge on any atom is -0.304 e. The summed E-state index contributed by atoms with van der Waals surface area (Å²) in [7, 11) is 0. The molecule has 3 rings (SSSR count). The fraction of sp³-hybridized carbons (Fsp3) is 0.333. The van der Waals surface area contributed by atoms with Gasteiger partial charge in [0.25, 0.3) is 5.56 Å². The lowest BCUT2D eigenvalue weighted by Crippen LogP contribution is -2.25. The van der Waals surface area contributed by atoms with E-state index < -0.39 is 0 Å². The fourth-order valence-electron chi connectivity index (χ4n) is 3.18. The second kappa shape index (κ2) is 7.62. The highest BCUT2D eigenvalue weighted by molar-refractivity contribution is 5.40. The van der Waals surface area contributed by atoms with E-state index in [0.29, 0.717) is 18.1 Å². The SMILES string of the molecule is Cc1cccc2nc(CN[C@@H](CC(C)C)c3ccccc3)cc(=O)n12. The van der Waals surface area contributed by atoms with Crippen LogP contribution < -0.4 is 10.9 Å². The number of fused-ring (bicyclic) bond motifs is 1. The Balaban J connectivity index is 1.83. The van der Waals surface area contributed by atoms with Crippen molar-refractivity contribution in [3.63, 3.8) is 0 Å². The van der Waals surface area contributed by atoms with Crippen molar-refractivity contribution in [2.24, 2.45) is 5.92 Å². The zero-order valence-electron chi connectivity index (χ0n) is 15.1. The summed E-state index contributed by atoms with van der Waals surface area (Å²) in [5.74, 6) is 0.579. The Bertz CT molecular complexity index is 900. The standard InChI is InChI=1S/C21H25N3O/c1-15(2)12-19(17-9-5-4-6-10-17)22-14-18-13-21(25)24-16(3)8-7-11-20(24)23-18/h4-11,13,15,19,22H,12,14H2,1-3H3/t19-/m0/s1. The molecule has 2 aromatic heterocycles. The Hall–Kier alpha value is -2.46. The lowest BCUT2D eigenvalue weighted by atomic mass is 9.97. The van der Waals surface area contributed by atoms with Crippen LogP contribution in [-0.4, -0.2) is 9.38 Å². The van der Waals surface area contributed by atoms with Crippen LogP contribution in [0.5, 0.6) is 0 Å². The van der Waals surface area contributed by atoms with Crippen LogP contribution in [0.15, 0.2) is 59.4 Å². The topological polar surface area (TPSA) is 46.4 Å². The van der Waals surface area contributed by atoms with Crippen molar-refractivity contribution in [3.8, 4) is 0 Å². The van der Waals surface area contributed by atoms with Gasteiger partial charge in [-0.15, -0.1) is 0 Å². The van der Waals surface area contributed by atoms with Crippen molar-refractivity contribution in [2.75, 3.05) is 0 Å². The Morgan fingerprint density at radius 2 is 1.84 bits per heavy atom. The molecule has 0 aliphatic rings. The smallest absolute Gasteiger partial charge is 0.258 e. The van der Waals surface area contributed by atoms with Crippen molar-refractivity contribution in [2.45, 2.75) is 39.8 Å². The van der Waals surface area contributed by atoms with Gasteiger partial charge in [-0.25, -0.2) is 4.98 Å². The normalized spacial score (nSPS) is 12.6. The largest absolute Gasteiger partial charge is 0.304 e. The third kappa shape index (κ3) is 4.15. The van der Waals surface area contributed by atoms with Crippen LogP contribution in [0.4, 0.5) is 0 Å². The van der Waals surface area contributed by atoms with Crippen LogP contribution >= 0.6 is 0 Å². The molecule has 1 N–H and O–H groups in total. The summed E-state index contributed by atoms with van der Waals surface area (Å²) >= 11 is 0. The van der Waals surface area contributed by atoms with Gasteiger partial charge in [0.05, 0.1) is 5.69 Å². The van der Waals surface area contributed by atoms with Crippen molar-refractivity contribution in [1.82, 2.24) is 14.7 Å². The molecule has 0 aliphatic heterocycles. The Morgan fingerprint density at radius 3 is 2.56 bits per heavy atom. The van der Waals surface area contributed by atoms with Gasteiger partial charge in [-0.1, -0.05) is 50.2 Å². The van der Waals surface area contributed by atoms with Crippen molar-refractivity contribution in [3.05, 3.63) is 81.9 Å². The molecule has 0 radical (unpaired) electrons. The molecule has 4 heteroatoms. The molecular formula is C21H25N3O. The van der Waals surface area contributed by atoms with E-state index in [2.05, 4.69) is 48.4 Å². The van der Waals surface area contributed by atoms with Crippen LogP contribution in [0.3, 0.4) is 0 Å². The number of aryl methyl sites for hydroxylation is 1. The van der Waals surface area contributed by atoms with E-state index in [4.69, 9.17) is 0 Å². The molecule has 0 fully saturated rings. The summed E-state index contributed by atoms with van der Waals surface area (Å²) in [6.07, 6.45) is 1.04. The first-order valence-corrected chi connectivity index (χ1v) is 8.81. The van der Waals surface area contributed by atoms with Gasteiger partial charge in [-0.05, 0) is 37.0 Å². The Kier molecular flexibility index (Phi) is 5.29. The van der Waals surface area contributed by atoms with Gasteiger partial charge < -0.3 is 5.32 Å². The lowest BCUT2D eigenvalue weighted by Gasteiger charge is -2.21. The minimum absolute atomic E-state index is 0.0278. The third-order valence-electron chi connectivity index (χ3n) is 4.37. The molecule has 1 atom stereocenters. The molecule has 0 aliphatic carbocycles. The minimum atomic E-state index is -0.0278. The number of pyridine rings is 1. The Morgan fingerprint density at radius 1 is 1.08 bits per heavy atom. The fourth-order valence-corrected chi connectivity index (χ4v) is 3.18. The molecule has 1 aromatic carbocycles. The predicted molar refractivity (Wildman–Crippen MR) is 102 cm³/mol. The number of rotatable bonds is 6. The molecular weight excluding hydrogens is 310 g/mol. The number of aromatic nitrogens is 2. The maximum Gasteiger partial charge on any atom is 0.258 e. The van der Waals surface area contributed by atoms with Crippen LogP contribution in [0.2, 0.25) is 0 Å². The molecule has 3 aromatic rings. The molecule has 0 saturated carbocycles. The zero-order chi connectivity index (χ0) is 17.8. The summed E-state index contributed by atoms with van der Waals surface area (Å²) in [5.41, 5.74) is 3.62. The summed E-state index contributed by atoms with van der Waals surface area (Å²) < 4.78 is 1.65. The van der Waals surface area contributed by atoms with Gasteiger partial charge in [-0.2, -0.15) is 0 Å². The first-order valence-electron chi connectivity index (χ1n) is 8.81. The van der Waals surface area contributed by atoms with E-state index in [1.54, 1.807) is 10.5 Å². The molecule has 2 heterocycles. The van der Waals surface area contributed by atoms with E-state index in [-0.39, 0.29) is 11.6 Å². The van der Waals surface area contributed by atoms with E-state index >= 15 is 0 Å². The van der Waals surface area contributed by atoms with Crippen LogP contribution in [0.1, 0.15) is 43.3 Å². The molecule has 0 bridgehead atoms. The van der Waals surface area contributed by atoms with Gasteiger partial charge >= 0.3 is 0 Å². The predicted octanol–water partition coefficient (Wildman–Crippen LogP) is 3.88. The molecule has 130 valence electrons. The molecule has 0 saturated heterocycles. The highest BCUT2D eigenvalue weighted by Gasteiger charge is 2.13. The van der Waals surface area contributed by atoms with E-state index in [0.717, 1.165) is 17.8 Å². The summed E-state index contributed by atoms with van der Waals surface area (Å²) in [6, 6.07) is 18.1. The van der Waals surface area contributed by atoms with Gasteiger partial charge in [0.15, 0.2) is 0 Å².